The molecule has 1 heterocycles. The van der Waals surface area contributed by atoms with Gasteiger partial charge < -0.3 is 5.32 Å². The molecule has 4 nitrogen and oxygen atoms in total. The van der Waals surface area contributed by atoms with Gasteiger partial charge in [-0.1, -0.05) is 6.07 Å². The number of benzene rings is 1. The molecule has 0 aliphatic heterocycles. The smallest absolute Gasteiger partial charge is 0.0969 e. The molecule has 2 aromatic rings. The van der Waals surface area contributed by atoms with Gasteiger partial charge in [0.25, 0.3) is 0 Å². The van der Waals surface area contributed by atoms with E-state index < -0.39 is 0 Å². The minimum Gasteiger partial charge on any atom is -0.314 e. The molecule has 84 valence electrons. The lowest BCUT2D eigenvalue weighted by Crippen LogP contribution is -2.06. The van der Waals surface area contributed by atoms with E-state index >= 15 is 0 Å². The van der Waals surface area contributed by atoms with E-state index in [9.17, 15) is 0 Å². The van der Waals surface area contributed by atoms with Crippen molar-refractivity contribution in [2.24, 2.45) is 0 Å². The van der Waals surface area contributed by atoms with Crippen LogP contribution in [0.2, 0.25) is 0 Å². The van der Waals surface area contributed by atoms with Crippen molar-refractivity contribution in [3.8, 4) is 5.69 Å². The molecule has 0 saturated carbocycles. The Kier molecular flexibility index (Phi) is 3.01. The third-order valence-corrected chi connectivity index (χ3v) is 2.33. The highest BCUT2D eigenvalue weighted by Gasteiger charge is 2.03. The second-order valence-corrected chi connectivity index (χ2v) is 4.00. The Hall–Kier alpha value is -1.68. The predicted octanol–water partition coefficient (Wildman–Crippen LogP) is 1.60. The molecule has 0 amide bonds. The Morgan fingerprint density at radius 2 is 1.88 bits per heavy atom. The van der Waals surface area contributed by atoms with E-state index in [2.05, 4.69) is 47.6 Å². The quantitative estimate of drug-likeness (QED) is 0.847. The van der Waals surface area contributed by atoms with E-state index in [-0.39, 0.29) is 0 Å². The molecule has 1 aromatic carbocycles. The van der Waals surface area contributed by atoms with Crippen molar-refractivity contribution in [2.75, 3.05) is 7.05 Å². The van der Waals surface area contributed by atoms with E-state index in [4.69, 9.17) is 0 Å². The number of nitrogens with one attached hydrogen (secondary N) is 1. The summed E-state index contributed by atoms with van der Waals surface area (Å²) in [7, 11) is 1.90. The van der Waals surface area contributed by atoms with E-state index in [0.717, 1.165) is 17.9 Å². The van der Waals surface area contributed by atoms with Gasteiger partial charge in [0, 0.05) is 6.54 Å². The fourth-order valence-corrected chi connectivity index (χ4v) is 1.75. The van der Waals surface area contributed by atoms with E-state index in [1.807, 2.05) is 7.05 Å². The third kappa shape index (κ3) is 2.28. The molecule has 16 heavy (non-hydrogen) atoms. The molecular weight excluding hydrogens is 200 g/mol. The highest BCUT2D eigenvalue weighted by atomic mass is 15.5. The maximum absolute atomic E-state index is 4.40. The minimum absolute atomic E-state index is 0.741. The summed E-state index contributed by atoms with van der Waals surface area (Å²) >= 11 is 0. The lowest BCUT2D eigenvalue weighted by Gasteiger charge is -2.03. The van der Waals surface area contributed by atoms with Crippen molar-refractivity contribution in [3.63, 3.8) is 0 Å². The summed E-state index contributed by atoms with van der Waals surface area (Å²) in [6.07, 6.45) is 1.79. The monoisotopic (exact) mass is 216 g/mol. The number of nitrogens with zero attached hydrogens (tertiary/aromatic N) is 3. The lowest BCUT2D eigenvalue weighted by molar-refractivity contribution is 0.715. The Morgan fingerprint density at radius 3 is 2.50 bits per heavy atom. The Balaban J connectivity index is 2.34. The van der Waals surface area contributed by atoms with Crippen molar-refractivity contribution in [2.45, 2.75) is 20.4 Å². The summed E-state index contributed by atoms with van der Waals surface area (Å²) in [5.74, 6) is 0. The maximum atomic E-state index is 4.40. The largest absolute Gasteiger partial charge is 0.314 e. The molecule has 2 rings (SSSR count). The summed E-state index contributed by atoms with van der Waals surface area (Å²) in [6.45, 7) is 4.90. The predicted molar refractivity (Wildman–Crippen MR) is 63.6 cm³/mol. The van der Waals surface area contributed by atoms with Gasteiger partial charge in [-0.2, -0.15) is 15.0 Å². The van der Waals surface area contributed by atoms with E-state index in [0.29, 0.717) is 0 Å². The molecule has 0 fully saturated rings. The Morgan fingerprint density at radius 1 is 1.19 bits per heavy atom. The van der Waals surface area contributed by atoms with Gasteiger partial charge in [-0.3, -0.25) is 0 Å². The van der Waals surface area contributed by atoms with Crippen LogP contribution in [0.5, 0.6) is 0 Å². The zero-order valence-electron chi connectivity index (χ0n) is 9.86. The molecule has 0 spiro atoms. The average Bonchev–Trinajstić information content (AvgIpc) is 2.65. The SMILES string of the molecule is CNCc1cnn(-c2cc(C)cc(C)c2)n1. The molecule has 1 aromatic heterocycles. The zero-order valence-corrected chi connectivity index (χ0v) is 9.86. The number of aryl methyl sites for hydroxylation is 2. The fraction of sp³-hybridized carbons (Fsp3) is 0.333. The molecule has 0 bridgehead atoms. The first kappa shape index (κ1) is 10.8. The van der Waals surface area contributed by atoms with Gasteiger partial charge in [0.2, 0.25) is 0 Å². The number of hydrogen-bond donors (Lipinski definition) is 1. The van der Waals surface area contributed by atoms with Crippen molar-refractivity contribution in [1.29, 1.82) is 0 Å². The van der Waals surface area contributed by atoms with Crippen LogP contribution >= 0.6 is 0 Å². The molecule has 0 aliphatic carbocycles. The summed E-state index contributed by atoms with van der Waals surface area (Å²) in [4.78, 5) is 1.67. The molecule has 0 radical (unpaired) electrons. The number of aromatic nitrogens is 3. The van der Waals surface area contributed by atoms with Crippen molar-refractivity contribution >= 4 is 0 Å². The summed E-state index contributed by atoms with van der Waals surface area (Å²) in [5, 5.41) is 11.7. The zero-order chi connectivity index (χ0) is 11.5. The molecular formula is C12H16N4. The van der Waals surface area contributed by atoms with Crippen LogP contribution in [0.3, 0.4) is 0 Å². The Bertz CT molecular complexity index is 467. The van der Waals surface area contributed by atoms with Crippen LogP contribution in [0.15, 0.2) is 24.4 Å². The average molecular weight is 216 g/mol. The van der Waals surface area contributed by atoms with Crippen LogP contribution in [0.25, 0.3) is 5.69 Å². The second-order valence-electron chi connectivity index (χ2n) is 4.00. The van der Waals surface area contributed by atoms with Gasteiger partial charge in [0.1, 0.15) is 0 Å². The molecule has 0 atom stereocenters. The Labute approximate surface area is 95.3 Å². The molecule has 4 heteroatoms. The van der Waals surface area contributed by atoms with Crippen molar-refractivity contribution < 1.29 is 0 Å². The van der Waals surface area contributed by atoms with Crippen LogP contribution in [0.4, 0.5) is 0 Å². The van der Waals surface area contributed by atoms with Crippen LogP contribution in [0.1, 0.15) is 16.8 Å². The van der Waals surface area contributed by atoms with Gasteiger partial charge in [-0.25, -0.2) is 0 Å². The minimum atomic E-state index is 0.741. The van der Waals surface area contributed by atoms with Crippen LogP contribution in [0, 0.1) is 13.8 Å². The van der Waals surface area contributed by atoms with Gasteiger partial charge in [-0.05, 0) is 44.2 Å². The number of hydrogen-bond acceptors (Lipinski definition) is 3. The first-order valence-electron chi connectivity index (χ1n) is 5.33. The standard InChI is InChI=1S/C12H16N4/c1-9-4-10(2)6-12(5-9)16-14-8-11(15-16)7-13-3/h4-6,8,13H,7H2,1-3H3. The van der Waals surface area contributed by atoms with E-state index in [1.54, 1.807) is 11.0 Å². The van der Waals surface area contributed by atoms with Gasteiger partial charge in [0.15, 0.2) is 0 Å². The third-order valence-electron chi connectivity index (χ3n) is 2.33. The molecule has 1 N–H and O–H groups in total. The highest BCUT2D eigenvalue weighted by Crippen LogP contribution is 2.11. The molecule has 0 aliphatic rings. The molecule has 0 saturated heterocycles. The summed E-state index contributed by atoms with van der Waals surface area (Å²) in [5.41, 5.74) is 4.41. The maximum Gasteiger partial charge on any atom is 0.0969 e. The molecule has 0 unspecified atom stereocenters. The van der Waals surface area contributed by atoms with Gasteiger partial charge >= 0.3 is 0 Å². The van der Waals surface area contributed by atoms with Crippen LogP contribution in [-0.4, -0.2) is 22.0 Å². The van der Waals surface area contributed by atoms with Crippen LogP contribution < -0.4 is 5.32 Å². The van der Waals surface area contributed by atoms with Gasteiger partial charge in [-0.15, -0.1) is 0 Å². The van der Waals surface area contributed by atoms with Gasteiger partial charge in [0.05, 0.1) is 17.6 Å². The summed E-state index contributed by atoms with van der Waals surface area (Å²) < 4.78 is 0. The lowest BCUT2D eigenvalue weighted by atomic mass is 10.1. The highest BCUT2D eigenvalue weighted by molar-refractivity contribution is 5.37. The van der Waals surface area contributed by atoms with Crippen molar-refractivity contribution in [3.05, 3.63) is 41.2 Å². The first-order chi connectivity index (χ1) is 7.69. The first-order valence-corrected chi connectivity index (χ1v) is 5.33. The topological polar surface area (TPSA) is 42.7 Å². The van der Waals surface area contributed by atoms with Crippen molar-refractivity contribution in [1.82, 2.24) is 20.3 Å². The second kappa shape index (κ2) is 4.45. The summed E-state index contributed by atoms with van der Waals surface area (Å²) in [6, 6.07) is 6.30. The normalized spacial score (nSPS) is 10.7. The fourth-order valence-electron chi connectivity index (χ4n) is 1.75. The number of rotatable bonds is 3. The van der Waals surface area contributed by atoms with Crippen LogP contribution in [-0.2, 0) is 6.54 Å². The van der Waals surface area contributed by atoms with E-state index in [1.165, 1.54) is 11.1 Å².